The van der Waals surface area contributed by atoms with Crippen LogP contribution < -0.4 is 10.2 Å². The van der Waals surface area contributed by atoms with Crippen LogP contribution in [0.1, 0.15) is 26.2 Å². The largest absolute Gasteiger partial charge is 0.339 e. The molecular formula is C12H13ClF2N4O. The zero-order chi connectivity index (χ0) is 14.5. The van der Waals surface area contributed by atoms with Gasteiger partial charge in [-0.05, 0) is 18.0 Å². The minimum atomic E-state index is -2.66. The lowest BCUT2D eigenvalue weighted by Crippen LogP contribution is -2.59. The molecule has 20 heavy (non-hydrogen) atoms. The molecule has 0 radical (unpaired) electrons. The maximum absolute atomic E-state index is 13.1. The first-order valence-electron chi connectivity index (χ1n) is 6.41. The minimum Gasteiger partial charge on any atom is -0.339 e. The number of rotatable bonds is 2. The van der Waals surface area contributed by atoms with E-state index in [9.17, 15) is 13.6 Å². The third kappa shape index (κ3) is 2.09. The van der Waals surface area contributed by atoms with Crippen molar-refractivity contribution in [3.05, 3.63) is 11.5 Å². The summed E-state index contributed by atoms with van der Waals surface area (Å²) in [5, 5.41) is 2.72. The first kappa shape index (κ1) is 13.5. The van der Waals surface area contributed by atoms with E-state index in [4.69, 9.17) is 11.6 Å². The molecule has 3 rings (SSSR count). The minimum absolute atomic E-state index is 0.0332. The van der Waals surface area contributed by atoms with Crippen LogP contribution in [0.3, 0.4) is 0 Å². The molecule has 5 nitrogen and oxygen atoms in total. The predicted octanol–water partition coefficient (Wildman–Crippen LogP) is 2.46. The van der Waals surface area contributed by atoms with Crippen molar-refractivity contribution in [1.82, 2.24) is 9.97 Å². The van der Waals surface area contributed by atoms with E-state index in [0.29, 0.717) is 17.9 Å². The third-order valence-corrected chi connectivity index (χ3v) is 3.91. The van der Waals surface area contributed by atoms with Gasteiger partial charge in [0.2, 0.25) is 11.2 Å². The standard InChI is InChI=1S/C12H13ClF2N4O/c1-2-8-10(20)17-7-5-16-11(13)18-9(7)19(8)6-3-12(14,15)4-6/h5-6,8H,2-4H2,1H3,(H,17,20)/t8-/m1/s1. The topological polar surface area (TPSA) is 58.1 Å². The molecule has 8 heteroatoms. The number of alkyl halides is 2. The molecule has 1 aromatic rings. The number of amides is 1. The molecule has 1 aliphatic heterocycles. The van der Waals surface area contributed by atoms with Crippen molar-refractivity contribution >= 4 is 29.0 Å². The molecule has 2 heterocycles. The number of carbonyl (C=O) groups excluding carboxylic acids is 1. The molecule has 0 unspecified atom stereocenters. The number of carbonyl (C=O) groups is 1. The van der Waals surface area contributed by atoms with Gasteiger partial charge in [-0.1, -0.05) is 6.92 Å². The predicted molar refractivity (Wildman–Crippen MR) is 70.2 cm³/mol. The van der Waals surface area contributed by atoms with E-state index < -0.39 is 18.0 Å². The van der Waals surface area contributed by atoms with Crippen molar-refractivity contribution in [2.75, 3.05) is 10.2 Å². The van der Waals surface area contributed by atoms with E-state index in [1.807, 2.05) is 6.92 Å². The number of aromatic nitrogens is 2. The number of hydrogen-bond donors (Lipinski definition) is 1. The quantitative estimate of drug-likeness (QED) is 0.853. The molecule has 1 atom stereocenters. The SMILES string of the molecule is CC[C@@H]1C(=O)Nc2cnc(Cl)nc2N1C1CC(F)(F)C1. The van der Waals surface area contributed by atoms with Crippen LogP contribution >= 0.6 is 11.6 Å². The zero-order valence-electron chi connectivity index (χ0n) is 10.7. The van der Waals surface area contributed by atoms with Gasteiger partial charge in [-0.2, -0.15) is 4.98 Å². The molecule has 1 fully saturated rings. The molecule has 2 aliphatic rings. The maximum atomic E-state index is 13.1. The van der Waals surface area contributed by atoms with Crippen molar-refractivity contribution in [2.45, 2.75) is 44.2 Å². The zero-order valence-corrected chi connectivity index (χ0v) is 11.5. The van der Waals surface area contributed by atoms with Crippen molar-refractivity contribution in [3.8, 4) is 0 Å². The molecule has 1 amide bonds. The average Bonchev–Trinajstić information content (AvgIpc) is 2.35. The van der Waals surface area contributed by atoms with E-state index in [1.54, 1.807) is 4.90 Å². The van der Waals surface area contributed by atoms with Crippen LogP contribution in [0.5, 0.6) is 0 Å². The molecule has 1 N–H and O–H groups in total. The first-order chi connectivity index (χ1) is 9.41. The third-order valence-electron chi connectivity index (χ3n) is 3.73. The fourth-order valence-corrected chi connectivity index (χ4v) is 2.89. The molecule has 108 valence electrons. The summed E-state index contributed by atoms with van der Waals surface area (Å²) in [5.41, 5.74) is 0.416. The first-order valence-corrected chi connectivity index (χ1v) is 6.78. The van der Waals surface area contributed by atoms with Crippen molar-refractivity contribution in [2.24, 2.45) is 0 Å². The Morgan fingerprint density at radius 3 is 2.85 bits per heavy atom. The summed E-state index contributed by atoms with van der Waals surface area (Å²) in [6.07, 6.45) is 1.38. The van der Waals surface area contributed by atoms with E-state index >= 15 is 0 Å². The van der Waals surface area contributed by atoms with Crippen LogP contribution in [0.2, 0.25) is 5.28 Å². The van der Waals surface area contributed by atoms with Crippen LogP contribution in [-0.2, 0) is 4.79 Å². The highest BCUT2D eigenvalue weighted by Crippen LogP contribution is 2.45. The Bertz CT molecular complexity index is 560. The molecule has 0 bridgehead atoms. The highest BCUT2D eigenvalue weighted by Gasteiger charge is 2.51. The lowest BCUT2D eigenvalue weighted by atomic mass is 9.85. The van der Waals surface area contributed by atoms with Gasteiger partial charge in [0.1, 0.15) is 11.7 Å². The number of fused-ring (bicyclic) bond motifs is 1. The summed E-state index contributed by atoms with van der Waals surface area (Å²) in [7, 11) is 0. The number of hydrogen-bond acceptors (Lipinski definition) is 4. The fourth-order valence-electron chi connectivity index (χ4n) is 2.76. The van der Waals surface area contributed by atoms with Crippen molar-refractivity contribution < 1.29 is 13.6 Å². The van der Waals surface area contributed by atoms with Gasteiger partial charge in [0, 0.05) is 18.9 Å². The Morgan fingerprint density at radius 1 is 1.55 bits per heavy atom. The van der Waals surface area contributed by atoms with E-state index in [-0.39, 0.29) is 24.0 Å². The van der Waals surface area contributed by atoms with Crippen LogP contribution in [0.25, 0.3) is 0 Å². The smallest absolute Gasteiger partial charge is 0.252 e. The van der Waals surface area contributed by atoms with Crippen LogP contribution in [0.4, 0.5) is 20.3 Å². The summed E-state index contributed by atoms with van der Waals surface area (Å²) in [5.74, 6) is -2.45. The van der Waals surface area contributed by atoms with Gasteiger partial charge in [-0.25, -0.2) is 13.8 Å². The van der Waals surface area contributed by atoms with Crippen LogP contribution in [-0.4, -0.2) is 33.9 Å². The normalized spacial score (nSPS) is 24.9. The highest BCUT2D eigenvalue weighted by molar-refractivity contribution is 6.28. The van der Waals surface area contributed by atoms with Gasteiger partial charge in [-0.15, -0.1) is 0 Å². The average molecular weight is 303 g/mol. The van der Waals surface area contributed by atoms with Gasteiger partial charge in [0.15, 0.2) is 5.82 Å². The van der Waals surface area contributed by atoms with Gasteiger partial charge >= 0.3 is 0 Å². The summed E-state index contributed by atoms with van der Waals surface area (Å²) in [6.45, 7) is 1.84. The summed E-state index contributed by atoms with van der Waals surface area (Å²) < 4.78 is 26.3. The lowest BCUT2D eigenvalue weighted by Gasteiger charge is -2.48. The number of halogens is 3. The monoisotopic (exact) mass is 302 g/mol. The molecule has 1 aliphatic carbocycles. The number of nitrogens with zero attached hydrogens (tertiary/aromatic N) is 3. The Hall–Kier alpha value is -1.50. The van der Waals surface area contributed by atoms with Crippen molar-refractivity contribution in [1.29, 1.82) is 0 Å². The molecular weight excluding hydrogens is 290 g/mol. The summed E-state index contributed by atoms with van der Waals surface area (Å²) >= 11 is 5.78. The van der Waals surface area contributed by atoms with Crippen molar-refractivity contribution in [3.63, 3.8) is 0 Å². The molecule has 0 spiro atoms. The second kappa shape index (κ2) is 4.51. The lowest BCUT2D eigenvalue weighted by molar-refractivity contribution is -0.120. The van der Waals surface area contributed by atoms with Crippen LogP contribution in [0, 0.1) is 0 Å². The number of anilines is 2. The molecule has 1 saturated carbocycles. The van der Waals surface area contributed by atoms with E-state index in [1.165, 1.54) is 6.20 Å². The Kier molecular flexibility index (Phi) is 3.04. The van der Waals surface area contributed by atoms with E-state index in [2.05, 4.69) is 15.3 Å². The summed E-state index contributed by atoms with van der Waals surface area (Å²) in [4.78, 5) is 21.6. The fraction of sp³-hybridized carbons (Fsp3) is 0.583. The second-order valence-corrected chi connectivity index (χ2v) is 5.45. The van der Waals surface area contributed by atoms with Gasteiger partial charge in [0.05, 0.1) is 6.20 Å². The molecule has 0 saturated heterocycles. The number of nitrogens with one attached hydrogen (secondary N) is 1. The molecule has 0 aromatic carbocycles. The highest BCUT2D eigenvalue weighted by atomic mass is 35.5. The Morgan fingerprint density at radius 2 is 2.25 bits per heavy atom. The van der Waals surface area contributed by atoms with Crippen LogP contribution in [0.15, 0.2) is 6.20 Å². The van der Waals surface area contributed by atoms with Gasteiger partial charge in [-0.3, -0.25) is 4.79 Å². The van der Waals surface area contributed by atoms with E-state index in [0.717, 1.165) is 0 Å². The Balaban J connectivity index is 2.00. The van der Waals surface area contributed by atoms with Gasteiger partial charge < -0.3 is 10.2 Å². The van der Waals surface area contributed by atoms with Gasteiger partial charge in [0.25, 0.3) is 5.92 Å². The second-order valence-electron chi connectivity index (χ2n) is 5.11. The Labute approximate surface area is 119 Å². The maximum Gasteiger partial charge on any atom is 0.252 e. The molecule has 1 aromatic heterocycles. The summed E-state index contributed by atoms with van der Waals surface area (Å²) in [6, 6.07) is -0.903.